The van der Waals surface area contributed by atoms with Crippen LogP contribution in [0.3, 0.4) is 0 Å². The van der Waals surface area contributed by atoms with E-state index in [9.17, 15) is 24.5 Å². The molecule has 322 valence electrons. The summed E-state index contributed by atoms with van der Waals surface area (Å²) in [7, 11) is 0. The first-order chi connectivity index (χ1) is 39.6. The van der Waals surface area contributed by atoms with Gasteiger partial charge in [0.1, 0.15) is 5.58 Å². The second-order valence-electron chi connectivity index (χ2n) is 15.7. The molecule has 9 rings (SSSR count). The van der Waals surface area contributed by atoms with Crippen molar-refractivity contribution < 1.29 is 54.7 Å². The van der Waals surface area contributed by atoms with Crippen LogP contribution in [0.1, 0.15) is 107 Å². The number of hydrogen-bond donors (Lipinski definition) is 0. The van der Waals surface area contributed by atoms with Crippen molar-refractivity contribution in [2.45, 2.75) is 79.1 Å². The molecule has 6 heteroatoms. The molecule has 5 nitrogen and oxygen atoms in total. The van der Waals surface area contributed by atoms with Crippen LogP contribution >= 0.6 is 0 Å². The Bertz CT molecular complexity index is 4030. The van der Waals surface area contributed by atoms with Crippen molar-refractivity contribution in [1.82, 2.24) is 15.0 Å². The van der Waals surface area contributed by atoms with Crippen LogP contribution in [0.25, 0.3) is 55.7 Å². The molecule has 0 N–H and O–H groups in total. The van der Waals surface area contributed by atoms with E-state index in [0.717, 1.165) is 36.8 Å². The summed E-state index contributed by atoms with van der Waals surface area (Å²) in [6.45, 7) is -1.79. The van der Waals surface area contributed by atoms with Crippen molar-refractivity contribution >= 4 is 21.9 Å². The summed E-state index contributed by atoms with van der Waals surface area (Å²) in [5, 5.41) is 10.3. The van der Waals surface area contributed by atoms with Gasteiger partial charge in [0.2, 0.25) is 0 Å². The molecule has 0 fully saturated rings. The zero-order valence-electron chi connectivity index (χ0n) is 57.1. The van der Waals surface area contributed by atoms with E-state index in [-0.39, 0.29) is 77.0 Å². The second kappa shape index (κ2) is 19.7. The van der Waals surface area contributed by atoms with E-state index in [2.05, 4.69) is 33.2 Å². The normalized spacial score (nSPS) is 18.4. The van der Waals surface area contributed by atoms with Crippen molar-refractivity contribution in [1.29, 1.82) is 5.26 Å². The minimum Gasteiger partial charge on any atom is -0.501 e. The molecule has 0 bridgehead atoms. The van der Waals surface area contributed by atoms with E-state index in [0.29, 0.717) is 34.7 Å². The van der Waals surface area contributed by atoms with Crippen molar-refractivity contribution in [2.75, 3.05) is 0 Å². The van der Waals surface area contributed by atoms with Crippen LogP contribution in [0, 0.1) is 48.6 Å². The molecule has 4 heterocycles. The quantitative estimate of drug-likeness (QED) is 0.108. The zero-order chi connectivity index (χ0) is 63.5. The summed E-state index contributed by atoms with van der Waals surface area (Å²) in [6, 6.07) is 32.3. The molecule has 0 unspecified atom stereocenters. The van der Waals surface area contributed by atoms with Crippen LogP contribution in [0.4, 0.5) is 0 Å². The Morgan fingerprint density at radius 3 is 1.75 bits per heavy atom. The Balaban J connectivity index is 0.00000982. The van der Waals surface area contributed by atoms with E-state index >= 15 is 0 Å². The summed E-state index contributed by atoms with van der Waals surface area (Å²) in [5.74, 6) is 0. The van der Waals surface area contributed by atoms with Crippen molar-refractivity contribution in [2.24, 2.45) is 5.41 Å². The average molecular weight is 1050 g/mol. The SMILES string of the molecule is [2H]c1cc2c(oc3c(-c4cc(C([2H])([2H])C(C)(C)C)c(C([2H])([2H])C([2H])([2H])c5cc(C([2H])([2H])C([2H])([2H])c6cnc(-c7[c-]cccc7)cc6C([2H])([2H])[2H])cc(C([2H])([2H])C([2H])([2H])c6cnc(-c7[c-]cccc7)cc6C([2H])([2H])[2H])c5)cn4)[c-]ccc32)c([2H])c1C#N.[Ir+3]. The smallest absolute Gasteiger partial charge is 0.501 e. The summed E-state index contributed by atoms with van der Waals surface area (Å²) in [5.41, 5.74) is -8.23. The second-order valence-corrected chi connectivity index (χ2v) is 15.7. The first-order valence-corrected chi connectivity index (χ1v) is 20.1. The van der Waals surface area contributed by atoms with Gasteiger partial charge in [-0.1, -0.05) is 85.3 Å². The van der Waals surface area contributed by atoms with Crippen molar-refractivity contribution in [3.63, 3.8) is 0 Å². The Kier molecular flexibility index (Phi) is 7.66. The molecule has 9 aromatic rings. The first-order valence-electron chi connectivity index (χ1n) is 31.1. The van der Waals surface area contributed by atoms with Gasteiger partial charge in [-0.3, -0.25) is 0 Å². The molecule has 0 radical (unpaired) electrons. The predicted octanol–water partition coefficient (Wildman–Crippen LogP) is 13.6. The van der Waals surface area contributed by atoms with Gasteiger partial charge in [-0.05, 0) is 132 Å². The summed E-state index contributed by atoms with van der Waals surface area (Å²) in [4.78, 5) is 13.0. The van der Waals surface area contributed by atoms with Gasteiger partial charge in [0, 0.05) is 51.4 Å². The Morgan fingerprint density at radius 1 is 0.646 bits per heavy atom. The predicted molar refractivity (Wildman–Crippen MR) is 259 cm³/mol. The van der Waals surface area contributed by atoms with E-state index in [4.69, 9.17) is 15.4 Å². The minimum absolute atomic E-state index is 0. The standard InChI is InChI=1S/C59H51N4O.Ir/c1-39-27-54(45-13-8-6-9-14-45)61-36-47(39)23-19-41-29-42(20-24-48-37-62-55(28-40(48)2)46-15-10-7-11-16-46)31-43(30-41)21-25-49-38-63-56(33-50(49)34-59(3,4)5)53-18-12-17-52-51-26-22-44(35-60)32-57(51)64-58(52)53;/h6-13,15,17,22,26-33,36-38H,19-21,23-25,34H2,1-5H3;/q-3;+3/i1D3,2D3,19D2,20D2,21D2,22D,23D2,24D2,25D2,32D,34D2;. The number of furan rings is 1. The van der Waals surface area contributed by atoms with Gasteiger partial charge in [-0.25, -0.2) is 0 Å². The number of pyridine rings is 3. The zero-order valence-corrected chi connectivity index (χ0v) is 37.5. The summed E-state index contributed by atoms with van der Waals surface area (Å²) in [6.07, 6.45) is -21.5. The number of benzene rings is 5. The van der Waals surface area contributed by atoms with Crippen LogP contribution < -0.4 is 0 Å². The molecule has 0 aliphatic carbocycles. The molecule has 0 aliphatic rings. The fraction of sp³-hybridized carbons (Fsp3) is 0.220. The number of aromatic nitrogens is 3. The number of aryl methyl sites for hydroxylation is 8. The van der Waals surface area contributed by atoms with Crippen molar-refractivity contribution in [3.05, 3.63) is 208 Å². The van der Waals surface area contributed by atoms with Crippen LogP contribution in [-0.2, 0) is 64.7 Å². The van der Waals surface area contributed by atoms with Gasteiger partial charge < -0.3 is 19.4 Å². The fourth-order valence-corrected chi connectivity index (χ4v) is 6.83. The van der Waals surface area contributed by atoms with Crippen LogP contribution in [0.2, 0.25) is 0 Å². The largest absolute Gasteiger partial charge is 3.00 e. The number of nitriles is 1. The number of fused-ring (bicyclic) bond motifs is 3. The van der Waals surface area contributed by atoms with E-state index in [1.54, 1.807) is 42.5 Å². The minimum atomic E-state index is -3.62. The van der Waals surface area contributed by atoms with Gasteiger partial charge in [0.25, 0.3) is 0 Å². The van der Waals surface area contributed by atoms with Gasteiger partial charge in [0.15, 0.2) is 0 Å². The number of nitrogens with zero attached hydrogens (tertiary/aromatic N) is 4. The third kappa shape index (κ3) is 10.6. The maximum Gasteiger partial charge on any atom is 3.00 e. The average Bonchev–Trinajstić information content (AvgIpc) is 0.801. The van der Waals surface area contributed by atoms with Gasteiger partial charge in [-0.15, -0.1) is 90.0 Å². The summed E-state index contributed by atoms with van der Waals surface area (Å²) >= 11 is 0. The Hall–Kier alpha value is -6.51. The molecule has 4 aromatic heterocycles. The molecule has 0 saturated carbocycles. The van der Waals surface area contributed by atoms with E-state index < -0.39 is 114 Å². The molecule has 0 spiro atoms. The van der Waals surface area contributed by atoms with Crippen LogP contribution in [-0.4, -0.2) is 15.0 Å². The summed E-state index contributed by atoms with van der Waals surface area (Å²) < 4.78 is 209. The molecule has 5 aromatic carbocycles. The fourth-order valence-electron chi connectivity index (χ4n) is 6.83. The van der Waals surface area contributed by atoms with Crippen molar-refractivity contribution in [3.8, 4) is 39.8 Å². The van der Waals surface area contributed by atoms with Gasteiger partial charge >= 0.3 is 20.1 Å². The monoisotopic (exact) mass is 1050 g/mol. The molecule has 0 saturated heterocycles. The Morgan fingerprint density at radius 2 is 1.22 bits per heavy atom. The van der Waals surface area contributed by atoms with Gasteiger partial charge in [0.05, 0.1) is 20.0 Å². The molecular weight excluding hydrogens is 973 g/mol. The molecule has 0 aliphatic heterocycles. The molecule has 0 amide bonds. The van der Waals surface area contributed by atoms with Crippen LogP contribution in [0.15, 0.2) is 138 Å². The number of hydrogen-bond acceptors (Lipinski definition) is 5. The first kappa shape index (κ1) is 25.3. The molecule has 0 atom stereocenters. The third-order valence-corrected chi connectivity index (χ3v) is 9.80. The van der Waals surface area contributed by atoms with Gasteiger partial charge in [-0.2, -0.15) is 5.26 Å². The van der Waals surface area contributed by atoms with E-state index in [1.807, 2.05) is 6.07 Å². The molecular formula is C59H51IrN4O. The number of rotatable bonds is 13. The maximum atomic E-state index is 9.86. The van der Waals surface area contributed by atoms with Crippen LogP contribution in [0.5, 0.6) is 0 Å². The maximum absolute atomic E-state index is 9.86. The third-order valence-electron chi connectivity index (χ3n) is 9.80. The van der Waals surface area contributed by atoms with E-state index in [1.165, 1.54) is 45.0 Å². The Labute approximate surface area is 427 Å². The molecule has 65 heavy (non-hydrogen) atoms. The topological polar surface area (TPSA) is 75.6 Å².